The number of hydrogen-bond acceptors (Lipinski definition) is 6. The van der Waals surface area contributed by atoms with Crippen LogP contribution >= 0.6 is 0 Å². The topological polar surface area (TPSA) is 106 Å². The van der Waals surface area contributed by atoms with Gasteiger partial charge in [0.1, 0.15) is 11.5 Å². The molecule has 2 aliphatic rings. The van der Waals surface area contributed by atoms with Crippen LogP contribution < -0.4 is 16.8 Å². The van der Waals surface area contributed by atoms with Crippen molar-refractivity contribution in [3.8, 4) is 0 Å². The molecule has 2 unspecified atom stereocenters. The first kappa shape index (κ1) is 14.1. The molecule has 2 fully saturated rings. The van der Waals surface area contributed by atoms with Gasteiger partial charge in [-0.3, -0.25) is 9.69 Å². The van der Waals surface area contributed by atoms with Gasteiger partial charge in [0.25, 0.3) is 5.91 Å². The number of rotatable bonds is 4. The van der Waals surface area contributed by atoms with Crippen LogP contribution in [0.1, 0.15) is 23.3 Å². The third kappa shape index (κ3) is 3.08. The summed E-state index contributed by atoms with van der Waals surface area (Å²) in [6.45, 7) is 3.48. The van der Waals surface area contributed by atoms with E-state index in [1.165, 1.54) is 18.9 Å². The van der Waals surface area contributed by atoms with Crippen LogP contribution in [0.5, 0.6) is 0 Å². The summed E-state index contributed by atoms with van der Waals surface area (Å²) < 4.78 is 5.87. The predicted molar refractivity (Wildman–Crippen MR) is 80.0 cm³/mol. The van der Waals surface area contributed by atoms with Crippen LogP contribution in [0.2, 0.25) is 0 Å². The van der Waals surface area contributed by atoms with Gasteiger partial charge in [0.2, 0.25) is 0 Å². The van der Waals surface area contributed by atoms with Crippen molar-refractivity contribution in [1.82, 2.24) is 9.88 Å². The lowest BCUT2D eigenvalue weighted by Crippen LogP contribution is -2.48. The lowest BCUT2D eigenvalue weighted by atomic mass is 10.2. The molecule has 0 spiro atoms. The van der Waals surface area contributed by atoms with Gasteiger partial charge >= 0.3 is 0 Å². The Hall–Kier alpha value is -1.86. The molecule has 1 amide bonds. The molecule has 0 bridgehead atoms. The van der Waals surface area contributed by atoms with Crippen molar-refractivity contribution in [2.24, 2.45) is 5.73 Å². The lowest BCUT2D eigenvalue weighted by Gasteiger charge is -2.35. The normalized spacial score (nSPS) is 25.5. The zero-order valence-corrected chi connectivity index (χ0v) is 11.9. The summed E-state index contributed by atoms with van der Waals surface area (Å²) in [7, 11) is 0. The van der Waals surface area contributed by atoms with E-state index in [2.05, 4.69) is 15.2 Å². The van der Waals surface area contributed by atoms with Crippen LogP contribution in [-0.2, 0) is 4.74 Å². The summed E-state index contributed by atoms with van der Waals surface area (Å²) in [5.41, 5.74) is 11.8. The maximum absolute atomic E-state index is 11.2. The molecule has 7 heteroatoms. The number of carbonyl (C=O) groups is 1. The minimum atomic E-state index is -0.563. The van der Waals surface area contributed by atoms with E-state index in [1.807, 2.05) is 0 Å². The van der Waals surface area contributed by atoms with Crippen molar-refractivity contribution in [3.63, 3.8) is 0 Å². The molecule has 0 saturated carbocycles. The zero-order chi connectivity index (χ0) is 14.8. The quantitative estimate of drug-likeness (QED) is 0.723. The third-order valence-electron chi connectivity index (χ3n) is 4.14. The van der Waals surface area contributed by atoms with E-state index >= 15 is 0 Å². The number of fused-ring (bicyclic) bond motifs is 1. The van der Waals surface area contributed by atoms with E-state index in [4.69, 9.17) is 16.2 Å². The Morgan fingerprint density at radius 2 is 2.38 bits per heavy atom. The summed E-state index contributed by atoms with van der Waals surface area (Å²) in [5, 5.41) is 3.16. The highest BCUT2D eigenvalue weighted by Gasteiger charge is 2.32. The van der Waals surface area contributed by atoms with Crippen LogP contribution in [0.15, 0.2) is 12.1 Å². The fourth-order valence-electron chi connectivity index (χ4n) is 2.97. The molecule has 1 aromatic rings. The molecule has 0 radical (unpaired) electrons. The summed E-state index contributed by atoms with van der Waals surface area (Å²) in [5.74, 6) is -0.0784. The van der Waals surface area contributed by atoms with Gasteiger partial charge in [0.05, 0.1) is 18.4 Å². The molecule has 21 heavy (non-hydrogen) atoms. The number of aromatic nitrogens is 1. The van der Waals surface area contributed by atoms with E-state index in [0.717, 1.165) is 19.7 Å². The molecule has 3 rings (SSSR count). The fraction of sp³-hybridized carbons (Fsp3) is 0.571. The van der Waals surface area contributed by atoms with Crippen molar-refractivity contribution in [1.29, 1.82) is 0 Å². The number of morpholine rings is 1. The lowest BCUT2D eigenvalue weighted by molar-refractivity contribution is -0.0415. The first-order valence-electron chi connectivity index (χ1n) is 7.29. The molecule has 2 aliphatic heterocycles. The third-order valence-corrected chi connectivity index (χ3v) is 4.14. The van der Waals surface area contributed by atoms with Gasteiger partial charge in [0.15, 0.2) is 0 Å². The molecule has 0 aromatic carbocycles. The van der Waals surface area contributed by atoms with Crippen LogP contribution in [0.3, 0.4) is 0 Å². The van der Waals surface area contributed by atoms with Gasteiger partial charge in [-0.25, -0.2) is 4.98 Å². The molecule has 7 nitrogen and oxygen atoms in total. The van der Waals surface area contributed by atoms with Crippen LogP contribution in [0.25, 0.3) is 0 Å². The standard InChI is InChI=1S/C14H21N5O2/c15-11-3-4-12(13(16)20)18-14(11)17-6-10-7-19-5-1-2-9(19)8-21-10/h3-4,9-10H,1-2,5-8,15H2,(H2,16,20)(H,17,18). The number of nitrogens with zero attached hydrogens (tertiary/aromatic N) is 2. The predicted octanol–water partition coefficient (Wildman–Crippen LogP) is 0.0378. The van der Waals surface area contributed by atoms with Crippen LogP contribution in [0.4, 0.5) is 11.5 Å². The Kier molecular flexibility index (Phi) is 3.94. The fourth-order valence-corrected chi connectivity index (χ4v) is 2.97. The van der Waals surface area contributed by atoms with Gasteiger partial charge in [-0.15, -0.1) is 0 Å². The van der Waals surface area contributed by atoms with Crippen LogP contribution in [-0.4, -0.2) is 54.2 Å². The Bertz CT molecular complexity index is 536. The number of carbonyl (C=O) groups excluding carboxylic acids is 1. The molecule has 5 N–H and O–H groups in total. The molecule has 1 aromatic heterocycles. The van der Waals surface area contributed by atoms with Crippen molar-refractivity contribution in [2.45, 2.75) is 25.0 Å². The highest BCUT2D eigenvalue weighted by atomic mass is 16.5. The summed E-state index contributed by atoms with van der Waals surface area (Å²) in [6.07, 6.45) is 2.59. The van der Waals surface area contributed by atoms with Crippen molar-refractivity contribution < 1.29 is 9.53 Å². The second-order valence-electron chi connectivity index (χ2n) is 5.63. The molecule has 114 valence electrons. The summed E-state index contributed by atoms with van der Waals surface area (Å²) >= 11 is 0. The Balaban J connectivity index is 1.60. The van der Waals surface area contributed by atoms with E-state index in [-0.39, 0.29) is 11.8 Å². The molecular formula is C14H21N5O2. The second kappa shape index (κ2) is 5.87. The number of pyridine rings is 1. The molecule has 3 heterocycles. The minimum Gasteiger partial charge on any atom is -0.396 e. The first-order valence-corrected chi connectivity index (χ1v) is 7.29. The number of primary amides is 1. The average molecular weight is 291 g/mol. The van der Waals surface area contributed by atoms with E-state index in [1.54, 1.807) is 6.07 Å². The summed E-state index contributed by atoms with van der Waals surface area (Å²) in [4.78, 5) is 17.8. The van der Waals surface area contributed by atoms with E-state index < -0.39 is 5.91 Å². The van der Waals surface area contributed by atoms with Gasteiger partial charge in [0, 0.05) is 19.1 Å². The van der Waals surface area contributed by atoms with Gasteiger partial charge in [-0.2, -0.15) is 0 Å². The molecular weight excluding hydrogens is 270 g/mol. The van der Waals surface area contributed by atoms with Gasteiger partial charge in [-0.05, 0) is 31.5 Å². The first-order chi connectivity index (χ1) is 10.1. The Morgan fingerprint density at radius 1 is 1.52 bits per heavy atom. The van der Waals surface area contributed by atoms with E-state index in [0.29, 0.717) is 24.1 Å². The molecule has 2 atom stereocenters. The van der Waals surface area contributed by atoms with Gasteiger partial charge in [-0.1, -0.05) is 0 Å². The minimum absolute atomic E-state index is 0.109. The maximum Gasteiger partial charge on any atom is 0.267 e. The van der Waals surface area contributed by atoms with Crippen molar-refractivity contribution >= 4 is 17.4 Å². The molecule has 0 aliphatic carbocycles. The number of hydrogen-bond donors (Lipinski definition) is 3. The number of ether oxygens (including phenoxy) is 1. The zero-order valence-electron chi connectivity index (χ0n) is 11.9. The Labute approximate surface area is 123 Å². The molecule has 2 saturated heterocycles. The highest BCUT2D eigenvalue weighted by Crippen LogP contribution is 2.23. The van der Waals surface area contributed by atoms with Gasteiger partial charge < -0.3 is 21.5 Å². The highest BCUT2D eigenvalue weighted by molar-refractivity contribution is 5.91. The number of nitrogens with two attached hydrogens (primary N) is 2. The monoisotopic (exact) mass is 291 g/mol. The maximum atomic E-state index is 11.2. The Morgan fingerprint density at radius 3 is 3.19 bits per heavy atom. The number of nitrogens with one attached hydrogen (secondary N) is 1. The second-order valence-corrected chi connectivity index (χ2v) is 5.63. The smallest absolute Gasteiger partial charge is 0.267 e. The number of nitrogen functional groups attached to an aromatic ring is 1. The van der Waals surface area contributed by atoms with Crippen molar-refractivity contribution in [3.05, 3.63) is 17.8 Å². The average Bonchev–Trinajstić information content (AvgIpc) is 2.93. The SMILES string of the molecule is NC(=O)c1ccc(N)c(NCC2CN3CCCC3CO2)n1. The number of amides is 1. The van der Waals surface area contributed by atoms with Crippen molar-refractivity contribution in [2.75, 3.05) is 37.3 Å². The largest absolute Gasteiger partial charge is 0.396 e. The number of anilines is 2. The van der Waals surface area contributed by atoms with Crippen LogP contribution in [0, 0.1) is 0 Å². The summed E-state index contributed by atoms with van der Waals surface area (Å²) in [6, 6.07) is 3.74. The van der Waals surface area contributed by atoms with E-state index in [9.17, 15) is 4.79 Å².